The molecule has 2 saturated heterocycles. The monoisotopic (exact) mass is 538 g/mol. The molecule has 4 atom stereocenters. The number of phenols is 1. The molecular formula is C32H30N2O6. The molecule has 0 saturated carbocycles. The first-order valence-corrected chi connectivity index (χ1v) is 13.5. The Morgan fingerprint density at radius 3 is 2.25 bits per heavy atom. The Hall–Kier alpha value is -4.43. The number of aryl methyl sites for hydroxylation is 2. The summed E-state index contributed by atoms with van der Waals surface area (Å²) >= 11 is 0. The van der Waals surface area contributed by atoms with Gasteiger partial charge in [-0.1, -0.05) is 62.4 Å². The molecule has 40 heavy (non-hydrogen) atoms. The smallest absolute Gasteiger partial charge is 0.325 e. The zero-order valence-corrected chi connectivity index (χ0v) is 22.3. The van der Waals surface area contributed by atoms with E-state index in [-0.39, 0.29) is 12.2 Å². The van der Waals surface area contributed by atoms with Crippen molar-refractivity contribution in [3.63, 3.8) is 0 Å². The highest BCUT2D eigenvalue weighted by atomic mass is 16.4. The van der Waals surface area contributed by atoms with Gasteiger partial charge in [-0.05, 0) is 53.8 Å². The van der Waals surface area contributed by atoms with Gasteiger partial charge in [0.05, 0.1) is 23.6 Å². The minimum atomic E-state index is -1.79. The van der Waals surface area contributed by atoms with Crippen LogP contribution in [0.4, 0.5) is 5.69 Å². The van der Waals surface area contributed by atoms with E-state index in [2.05, 4.69) is 5.32 Å². The fourth-order valence-corrected chi connectivity index (χ4v) is 6.50. The van der Waals surface area contributed by atoms with E-state index in [0.29, 0.717) is 35.4 Å². The SMILES string of the molecule is CCc1cccc(CC)c1N1C(=O)C2C(c3cc4ccccc4o3)NC(Cc3ccc(O)cc3)(C(=O)O)C2C1=O. The van der Waals surface area contributed by atoms with Crippen LogP contribution in [-0.2, 0) is 33.6 Å². The maximum absolute atomic E-state index is 14.4. The molecule has 0 bridgehead atoms. The first-order valence-electron chi connectivity index (χ1n) is 13.5. The highest BCUT2D eigenvalue weighted by molar-refractivity contribution is 6.25. The van der Waals surface area contributed by atoms with Gasteiger partial charge in [-0.25, -0.2) is 4.90 Å². The number of carboxylic acid groups (broad SMARTS) is 1. The zero-order chi connectivity index (χ0) is 28.2. The molecule has 4 aromatic rings. The van der Waals surface area contributed by atoms with Gasteiger partial charge in [0.25, 0.3) is 0 Å². The van der Waals surface area contributed by atoms with Crippen LogP contribution in [-0.4, -0.2) is 33.5 Å². The molecule has 0 radical (unpaired) electrons. The molecule has 2 amide bonds. The number of anilines is 1. The third-order valence-electron chi connectivity index (χ3n) is 8.39. The quantitative estimate of drug-likeness (QED) is 0.290. The second-order valence-electron chi connectivity index (χ2n) is 10.6. The van der Waals surface area contributed by atoms with Crippen LogP contribution >= 0.6 is 0 Å². The van der Waals surface area contributed by atoms with E-state index in [0.717, 1.165) is 16.5 Å². The number of nitrogens with zero attached hydrogens (tertiary/aromatic N) is 1. The Labute approximate surface area is 231 Å². The number of amides is 2. The third kappa shape index (κ3) is 3.82. The number of nitrogens with one attached hydrogen (secondary N) is 1. The van der Waals surface area contributed by atoms with Crippen molar-refractivity contribution >= 4 is 34.4 Å². The number of hydrogen-bond donors (Lipinski definition) is 3. The number of hydrogen-bond acceptors (Lipinski definition) is 6. The Morgan fingerprint density at radius 2 is 1.62 bits per heavy atom. The third-order valence-corrected chi connectivity index (χ3v) is 8.39. The lowest BCUT2D eigenvalue weighted by atomic mass is 9.76. The molecule has 3 N–H and O–H groups in total. The molecule has 4 unspecified atom stereocenters. The van der Waals surface area contributed by atoms with Crippen molar-refractivity contribution in [2.45, 2.75) is 44.7 Å². The van der Waals surface area contributed by atoms with Gasteiger partial charge >= 0.3 is 5.97 Å². The molecule has 8 heteroatoms. The largest absolute Gasteiger partial charge is 0.508 e. The van der Waals surface area contributed by atoms with Crippen molar-refractivity contribution in [3.05, 3.63) is 95.2 Å². The van der Waals surface area contributed by atoms with Crippen molar-refractivity contribution in [2.24, 2.45) is 11.8 Å². The molecule has 6 rings (SSSR count). The summed E-state index contributed by atoms with van der Waals surface area (Å²) in [5.41, 5.74) is 1.70. The summed E-state index contributed by atoms with van der Waals surface area (Å²) in [5.74, 6) is -3.90. The number of carbonyl (C=O) groups is 3. The van der Waals surface area contributed by atoms with Gasteiger partial charge in [0, 0.05) is 11.8 Å². The number of para-hydroxylation sites is 2. The van der Waals surface area contributed by atoms with E-state index < -0.39 is 41.2 Å². The predicted molar refractivity (Wildman–Crippen MR) is 149 cm³/mol. The fourth-order valence-electron chi connectivity index (χ4n) is 6.50. The van der Waals surface area contributed by atoms with Gasteiger partial charge in [0.15, 0.2) is 0 Å². The van der Waals surface area contributed by atoms with E-state index in [1.54, 1.807) is 18.2 Å². The molecule has 3 aromatic carbocycles. The van der Waals surface area contributed by atoms with Crippen LogP contribution in [0.5, 0.6) is 5.75 Å². The average molecular weight is 539 g/mol. The number of carbonyl (C=O) groups excluding carboxylic acids is 2. The van der Waals surface area contributed by atoms with Crippen LogP contribution in [0.25, 0.3) is 11.0 Å². The lowest BCUT2D eigenvalue weighted by molar-refractivity contribution is -0.148. The molecule has 2 fully saturated rings. The van der Waals surface area contributed by atoms with Gasteiger partial charge < -0.3 is 14.6 Å². The number of fused-ring (bicyclic) bond motifs is 2. The molecule has 0 spiro atoms. The van der Waals surface area contributed by atoms with E-state index in [1.165, 1.54) is 17.0 Å². The second kappa shape index (κ2) is 9.64. The summed E-state index contributed by atoms with van der Waals surface area (Å²) in [7, 11) is 0. The van der Waals surface area contributed by atoms with Crippen LogP contribution in [0, 0.1) is 11.8 Å². The van der Waals surface area contributed by atoms with E-state index in [4.69, 9.17) is 4.42 Å². The number of furan rings is 1. The van der Waals surface area contributed by atoms with Crippen LogP contribution < -0.4 is 10.2 Å². The first kappa shape index (κ1) is 25.8. The summed E-state index contributed by atoms with van der Waals surface area (Å²) in [6.45, 7) is 3.94. The summed E-state index contributed by atoms with van der Waals surface area (Å²) in [4.78, 5) is 43.2. The Kier molecular flexibility index (Phi) is 6.22. The number of imide groups is 1. The molecule has 2 aliphatic rings. The molecule has 204 valence electrons. The van der Waals surface area contributed by atoms with Crippen molar-refractivity contribution in [1.29, 1.82) is 0 Å². The van der Waals surface area contributed by atoms with Crippen molar-refractivity contribution < 1.29 is 29.0 Å². The van der Waals surface area contributed by atoms with Gasteiger partial charge in [0.1, 0.15) is 22.6 Å². The predicted octanol–water partition coefficient (Wildman–Crippen LogP) is 4.78. The highest BCUT2D eigenvalue weighted by Crippen LogP contribution is 2.52. The van der Waals surface area contributed by atoms with Crippen LogP contribution in [0.3, 0.4) is 0 Å². The number of benzene rings is 3. The van der Waals surface area contributed by atoms with Gasteiger partial charge in [0.2, 0.25) is 11.8 Å². The van der Waals surface area contributed by atoms with E-state index in [1.807, 2.05) is 56.3 Å². The number of phenolic OH excluding ortho intramolecular Hbond substituents is 1. The molecule has 2 aliphatic heterocycles. The normalized spacial score (nSPS) is 24.1. The number of carboxylic acids is 1. The van der Waals surface area contributed by atoms with E-state index in [9.17, 15) is 24.6 Å². The summed E-state index contributed by atoms with van der Waals surface area (Å²) in [6.07, 6.45) is 1.15. The van der Waals surface area contributed by atoms with Crippen LogP contribution in [0.2, 0.25) is 0 Å². The standard InChI is InChI=1S/C32H30N2O6/c1-3-19-9-7-10-20(4-2)28(19)34-29(36)25-26(30(34)37)32(31(38)39,17-18-12-14-22(35)15-13-18)33-27(25)24-16-21-8-5-6-11-23(21)40-24/h5-16,25-27,33,35H,3-4,17H2,1-2H3,(H,38,39). The minimum Gasteiger partial charge on any atom is -0.508 e. The Balaban J connectivity index is 1.54. The van der Waals surface area contributed by atoms with Crippen molar-refractivity contribution in [3.8, 4) is 5.75 Å². The Morgan fingerprint density at radius 1 is 0.950 bits per heavy atom. The Bertz CT molecular complexity index is 1590. The summed E-state index contributed by atoms with van der Waals surface area (Å²) in [6, 6.07) is 20.3. The first-order chi connectivity index (χ1) is 19.3. The number of rotatable bonds is 7. The molecule has 0 aliphatic carbocycles. The minimum absolute atomic E-state index is 0.0482. The topological polar surface area (TPSA) is 120 Å². The maximum Gasteiger partial charge on any atom is 0.325 e. The summed E-state index contributed by atoms with van der Waals surface area (Å²) in [5, 5.41) is 24.6. The van der Waals surface area contributed by atoms with Crippen LogP contribution in [0.1, 0.15) is 42.3 Å². The lowest BCUT2D eigenvalue weighted by Crippen LogP contribution is -2.57. The zero-order valence-electron chi connectivity index (χ0n) is 22.3. The second-order valence-corrected chi connectivity index (χ2v) is 10.6. The molecule has 1 aromatic heterocycles. The maximum atomic E-state index is 14.4. The highest BCUT2D eigenvalue weighted by Gasteiger charge is 2.69. The van der Waals surface area contributed by atoms with Crippen molar-refractivity contribution in [1.82, 2.24) is 5.32 Å². The molecule has 3 heterocycles. The average Bonchev–Trinajstić information content (AvgIpc) is 3.61. The van der Waals surface area contributed by atoms with Crippen molar-refractivity contribution in [2.75, 3.05) is 4.90 Å². The number of aliphatic carboxylic acids is 1. The summed E-state index contributed by atoms with van der Waals surface area (Å²) < 4.78 is 6.14. The lowest BCUT2D eigenvalue weighted by Gasteiger charge is -2.32. The van der Waals surface area contributed by atoms with Gasteiger partial charge in [-0.2, -0.15) is 0 Å². The van der Waals surface area contributed by atoms with Gasteiger partial charge in [-0.15, -0.1) is 0 Å². The molecule has 8 nitrogen and oxygen atoms in total. The van der Waals surface area contributed by atoms with Gasteiger partial charge in [-0.3, -0.25) is 19.7 Å². The fraction of sp³-hybridized carbons (Fsp3) is 0.281. The number of aromatic hydroxyl groups is 1. The molecular weight excluding hydrogens is 508 g/mol. The van der Waals surface area contributed by atoms with E-state index >= 15 is 0 Å². The van der Waals surface area contributed by atoms with Crippen LogP contribution in [0.15, 0.2) is 77.2 Å².